The van der Waals surface area contributed by atoms with Crippen molar-refractivity contribution in [2.75, 3.05) is 20.1 Å². The number of likely N-dealkylation sites (tertiary alicyclic amines) is 1. The largest absolute Gasteiger partial charge is 0.383 e. The van der Waals surface area contributed by atoms with Crippen molar-refractivity contribution < 1.29 is 0 Å². The van der Waals surface area contributed by atoms with Crippen molar-refractivity contribution >= 4 is 27.7 Å². The summed E-state index contributed by atoms with van der Waals surface area (Å²) in [6.07, 6.45) is 3.32. The maximum Gasteiger partial charge on any atom is 0.0605 e. The van der Waals surface area contributed by atoms with Crippen LogP contribution in [-0.2, 0) is 0 Å². The number of fused-ring (bicyclic) bond motifs is 2. The van der Waals surface area contributed by atoms with E-state index in [1.807, 2.05) is 0 Å². The highest BCUT2D eigenvalue weighted by Gasteiger charge is 2.23. The van der Waals surface area contributed by atoms with Crippen LogP contribution in [0.4, 0.5) is 0 Å². The van der Waals surface area contributed by atoms with Gasteiger partial charge in [0.1, 0.15) is 0 Å². The third-order valence-electron chi connectivity index (χ3n) is 3.48. The monoisotopic (exact) mass is 278 g/mol. The Bertz CT molecular complexity index is 535. The van der Waals surface area contributed by atoms with Crippen molar-refractivity contribution in [3.8, 4) is 0 Å². The molecule has 2 aliphatic heterocycles. The van der Waals surface area contributed by atoms with Gasteiger partial charge in [0.05, 0.1) is 6.04 Å². The molecule has 1 aromatic rings. The van der Waals surface area contributed by atoms with Crippen LogP contribution in [-0.4, -0.2) is 31.1 Å². The Morgan fingerprint density at radius 3 is 3.19 bits per heavy atom. The van der Waals surface area contributed by atoms with Crippen LogP contribution in [0.3, 0.4) is 0 Å². The number of nitrogens with one attached hydrogen (secondary N) is 1. The standard InChI is InChI=1S/C13H15BrN2/c1-16-5-4-12-11-3-2-10(14)6-9(11)7-15-13(12)8-16/h2-3,6-7,13,15H,4-5,8H2,1H3. The number of hydrogen-bond acceptors (Lipinski definition) is 2. The summed E-state index contributed by atoms with van der Waals surface area (Å²) in [5.41, 5.74) is 1.57. The van der Waals surface area contributed by atoms with Gasteiger partial charge >= 0.3 is 0 Å². The van der Waals surface area contributed by atoms with Crippen molar-refractivity contribution in [2.45, 2.75) is 12.5 Å². The Kier molecular flexibility index (Phi) is 2.52. The SMILES string of the molecule is CN1CCC2=c3ccc(Br)cc3=CNC2C1. The van der Waals surface area contributed by atoms with Crippen LogP contribution < -0.4 is 15.8 Å². The van der Waals surface area contributed by atoms with E-state index in [1.165, 1.54) is 23.4 Å². The second-order valence-electron chi connectivity index (χ2n) is 4.63. The zero-order valence-corrected chi connectivity index (χ0v) is 10.9. The molecule has 2 aliphatic rings. The molecule has 1 aromatic carbocycles. The van der Waals surface area contributed by atoms with Crippen molar-refractivity contribution in [1.82, 2.24) is 10.2 Å². The van der Waals surface area contributed by atoms with Gasteiger partial charge < -0.3 is 10.2 Å². The Hall–Kier alpha value is -0.800. The van der Waals surface area contributed by atoms with E-state index in [1.54, 1.807) is 5.57 Å². The molecule has 0 bridgehead atoms. The molecule has 1 atom stereocenters. The first-order chi connectivity index (χ1) is 7.74. The Labute approximate surface area is 104 Å². The fourth-order valence-electron chi connectivity index (χ4n) is 2.61. The van der Waals surface area contributed by atoms with Gasteiger partial charge in [0, 0.05) is 23.8 Å². The van der Waals surface area contributed by atoms with Crippen molar-refractivity contribution in [1.29, 1.82) is 0 Å². The Balaban J connectivity index is 2.18. The van der Waals surface area contributed by atoms with Gasteiger partial charge in [-0.1, -0.05) is 22.0 Å². The molecule has 3 heteroatoms. The van der Waals surface area contributed by atoms with Gasteiger partial charge in [-0.3, -0.25) is 0 Å². The van der Waals surface area contributed by atoms with Crippen LogP contribution in [0, 0.1) is 0 Å². The number of nitrogens with zero attached hydrogens (tertiary/aromatic N) is 1. The van der Waals surface area contributed by atoms with Crippen molar-refractivity contribution in [3.63, 3.8) is 0 Å². The molecule has 1 saturated heterocycles. The van der Waals surface area contributed by atoms with Gasteiger partial charge in [0.2, 0.25) is 0 Å². The molecule has 1 N–H and O–H groups in total. The molecule has 0 saturated carbocycles. The summed E-state index contributed by atoms with van der Waals surface area (Å²) in [6, 6.07) is 7.07. The van der Waals surface area contributed by atoms with Gasteiger partial charge in [0.15, 0.2) is 0 Å². The van der Waals surface area contributed by atoms with E-state index in [2.05, 4.69) is 57.6 Å². The highest BCUT2D eigenvalue weighted by atomic mass is 79.9. The molecule has 1 unspecified atom stereocenters. The van der Waals surface area contributed by atoms with E-state index in [9.17, 15) is 0 Å². The minimum absolute atomic E-state index is 0.507. The summed E-state index contributed by atoms with van der Waals surface area (Å²) < 4.78 is 1.15. The first kappa shape index (κ1) is 10.4. The van der Waals surface area contributed by atoms with Crippen molar-refractivity contribution in [3.05, 3.63) is 33.1 Å². The van der Waals surface area contributed by atoms with Crippen LogP contribution in [0.2, 0.25) is 0 Å². The number of rotatable bonds is 0. The third kappa shape index (κ3) is 1.68. The maximum absolute atomic E-state index is 3.52. The van der Waals surface area contributed by atoms with Crippen molar-refractivity contribution in [2.24, 2.45) is 0 Å². The predicted molar refractivity (Wildman–Crippen MR) is 70.3 cm³/mol. The third-order valence-corrected chi connectivity index (χ3v) is 3.97. The molecular formula is C13H15BrN2. The lowest BCUT2D eigenvalue weighted by atomic mass is 9.94. The molecule has 84 valence electrons. The Morgan fingerprint density at radius 2 is 2.31 bits per heavy atom. The quantitative estimate of drug-likeness (QED) is 0.750. The molecule has 0 radical (unpaired) electrons. The van der Waals surface area contributed by atoms with E-state index in [4.69, 9.17) is 0 Å². The maximum atomic E-state index is 3.52. The van der Waals surface area contributed by atoms with E-state index in [0.29, 0.717) is 6.04 Å². The molecule has 1 fully saturated rings. The lowest BCUT2D eigenvalue weighted by Gasteiger charge is -2.34. The molecule has 0 spiro atoms. The highest BCUT2D eigenvalue weighted by molar-refractivity contribution is 9.10. The number of halogens is 1. The van der Waals surface area contributed by atoms with Crippen LogP contribution in [0.15, 0.2) is 22.7 Å². The zero-order valence-electron chi connectivity index (χ0n) is 9.33. The number of piperidine rings is 1. The number of likely N-dealkylation sites (N-methyl/N-ethyl adjacent to an activating group) is 1. The minimum Gasteiger partial charge on any atom is -0.383 e. The van der Waals surface area contributed by atoms with E-state index < -0.39 is 0 Å². The lowest BCUT2D eigenvalue weighted by Crippen LogP contribution is -2.50. The molecule has 0 aliphatic carbocycles. The first-order valence-electron chi connectivity index (χ1n) is 5.67. The molecule has 16 heavy (non-hydrogen) atoms. The molecule has 0 aromatic heterocycles. The van der Waals surface area contributed by atoms with Crippen LogP contribution in [0.25, 0.3) is 11.8 Å². The topological polar surface area (TPSA) is 15.3 Å². The van der Waals surface area contributed by atoms with Gasteiger partial charge in [-0.2, -0.15) is 0 Å². The normalized spacial score (nSPS) is 24.1. The van der Waals surface area contributed by atoms with Gasteiger partial charge in [-0.25, -0.2) is 0 Å². The van der Waals surface area contributed by atoms with E-state index in [0.717, 1.165) is 11.0 Å². The predicted octanol–water partition coefficient (Wildman–Crippen LogP) is 0.645. The number of benzene rings is 1. The summed E-state index contributed by atoms with van der Waals surface area (Å²) in [4.78, 5) is 2.39. The lowest BCUT2D eigenvalue weighted by molar-refractivity contribution is 0.299. The van der Waals surface area contributed by atoms with E-state index in [-0.39, 0.29) is 0 Å². The average molecular weight is 279 g/mol. The zero-order chi connectivity index (χ0) is 11.1. The summed E-state index contributed by atoms with van der Waals surface area (Å²) in [6.45, 7) is 2.28. The Morgan fingerprint density at radius 1 is 1.44 bits per heavy atom. The minimum atomic E-state index is 0.507. The van der Waals surface area contributed by atoms with E-state index >= 15 is 0 Å². The molecule has 2 nitrogen and oxygen atoms in total. The molecule has 2 heterocycles. The summed E-state index contributed by atoms with van der Waals surface area (Å²) in [5, 5.41) is 6.25. The smallest absolute Gasteiger partial charge is 0.0605 e. The average Bonchev–Trinajstić information content (AvgIpc) is 2.28. The van der Waals surface area contributed by atoms with Crippen LogP contribution in [0.5, 0.6) is 0 Å². The number of hydrogen-bond donors (Lipinski definition) is 1. The molecular weight excluding hydrogens is 264 g/mol. The molecule has 0 amide bonds. The molecule has 3 rings (SSSR count). The van der Waals surface area contributed by atoms with Gasteiger partial charge in [-0.15, -0.1) is 0 Å². The summed E-state index contributed by atoms with van der Waals surface area (Å²) in [5.74, 6) is 0. The van der Waals surface area contributed by atoms with Crippen LogP contribution >= 0.6 is 15.9 Å². The fraction of sp³-hybridized carbons (Fsp3) is 0.385. The fourth-order valence-corrected chi connectivity index (χ4v) is 2.99. The summed E-state index contributed by atoms with van der Waals surface area (Å²) >= 11 is 3.52. The van der Waals surface area contributed by atoms with Gasteiger partial charge in [-0.05, 0) is 41.6 Å². The second kappa shape index (κ2) is 3.90. The second-order valence-corrected chi connectivity index (χ2v) is 5.55. The van der Waals surface area contributed by atoms with Crippen LogP contribution in [0.1, 0.15) is 6.42 Å². The highest BCUT2D eigenvalue weighted by Crippen LogP contribution is 2.16. The van der Waals surface area contributed by atoms with Gasteiger partial charge in [0.25, 0.3) is 0 Å². The first-order valence-corrected chi connectivity index (χ1v) is 6.47. The summed E-state index contributed by atoms with van der Waals surface area (Å²) in [7, 11) is 2.19.